The van der Waals surface area contributed by atoms with Crippen LogP contribution in [0.4, 0.5) is 4.79 Å². The summed E-state index contributed by atoms with van der Waals surface area (Å²) in [5.74, 6) is 0. The van der Waals surface area contributed by atoms with Crippen LogP contribution in [-0.2, 0) is 9.47 Å². The van der Waals surface area contributed by atoms with Crippen LogP contribution in [0.2, 0.25) is 0 Å². The van der Waals surface area contributed by atoms with Crippen molar-refractivity contribution >= 4 is 6.09 Å². The van der Waals surface area contributed by atoms with Crippen LogP contribution in [-0.4, -0.2) is 48.9 Å². The van der Waals surface area contributed by atoms with Crippen LogP contribution < -0.4 is 0 Å². The van der Waals surface area contributed by atoms with Gasteiger partial charge in [-0.2, -0.15) is 0 Å². The molecular weight excluding hydrogens is 224 g/mol. The molecule has 7 heteroatoms. The number of carbonyl (C=O) groups is 1. The quantitative estimate of drug-likeness (QED) is 0.421. The van der Waals surface area contributed by atoms with Gasteiger partial charge in [-0.05, 0) is 26.3 Å². The van der Waals surface area contributed by atoms with E-state index in [1.54, 1.807) is 20.8 Å². The van der Waals surface area contributed by atoms with Gasteiger partial charge < -0.3 is 14.4 Å². The summed E-state index contributed by atoms with van der Waals surface area (Å²) in [6.45, 7) is 6.13. The largest absolute Gasteiger partial charge is 0.444 e. The van der Waals surface area contributed by atoms with E-state index in [0.717, 1.165) is 0 Å². The highest BCUT2D eigenvalue weighted by Gasteiger charge is 2.36. The Hall–Kier alpha value is -1.46. The molecule has 1 aliphatic heterocycles. The Morgan fingerprint density at radius 3 is 2.59 bits per heavy atom. The smallest absolute Gasteiger partial charge is 0.410 e. The zero-order chi connectivity index (χ0) is 13.1. The molecule has 0 saturated carbocycles. The van der Waals surface area contributed by atoms with Crippen LogP contribution in [0.5, 0.6) is 0 Å². The molecule has 0 aromatic heterocycles. The van der Waals surface area contributed by atoms with Gasteiger partial charge in [0.25, 0.3) is 0 Å². The van der Waals surface area contributed by atoms with Crippen LogP contribution in [0.25, 0.3) is 10.4 Å². The minimum atomic E-state index is -0.532. The van der Waals surface area contributed by atoms with Crippen molar-refractivity contribution in [2.45, 2.75) is 38.5 Å². The Morgan fingerprint density at radius 1 is 1.47 bits per heavy atom. The molecule has 0 bridgehead atoms. The van der Waals surface area contributed by atoms with Crippen LogP contribution in [0.3, 0.4) is 0 Å². The predicted molar refractivity (Wildman–Crippen MR) is 61.5 cm³/mol. The van der Waals surface area contributed by atoms with E-state index in [1.807, 2.05) is 0 Å². The minimum Gasteiger partial charge on any atom is -0.444 e. The van der Waals surface area contributed by atoms with Gasteiger partial charge in [-0.15, -0.1) is 0 Å². The number of likely N-dealkylation sites (tertiary alicyclic amines) is 1. The Balaban J connectivity index is 2.64. The molecule has 96 valence electrons. The Morgan fingerprint density at radius 2 is 2.12 bits per heavy atom. The molecule has 1 aliphatic rings. The lowest BCUT2D eigenvalue weighted by Crippen LogP contribution is -2.36. The lowest BCUT2D eigenvalue weighted by molar-refractivity contribution is 0.0252. The first-order valence-corrected chi connectivity index (χ1v) is 5.42. The van der Waals surface area contributed by atoms with Gasteiger partial charge in [0.05, 0.1) is 18.7 Å². The summed E-state index contributed by atoms with van der Waals surface area (Å²) in [5, 5.41) is 3.61. The van der Waals surface area contributed by atoms with Gasteiger partial charge in [-0.3, -0.25) is 0 Å². The molecule has 1 amide bonds. The lowest BCUT2D eigenvalue weighted by Gasteiger charge is -2.24. The SMILES string of the molecule is CO[C@H]1CN(C(=O)OC(C)(C)C)C[C@H]1N=[N+]=[N-]. The summed E-state index contributed by atoms with van der Waals surface area (Å²) < 4.78 is 10.4. The van der Waals surface area contributed by atoms with Crippen molar-refractivity contribution in [3.63, 3.8) is 0 Å². The molecule has 2 atom stereocenters. The van der Waals surface area contributed by atoms with Gasteiger partial charge >= 0.3 is 6.09 Å². The van der Waals surface area contributed by atoms with Crippen molar-refractivity contribution in [3.05, 3.63) is 10.4 Å². The Kier molecular flexibility index (Phi) is 4.20. The summed E-state index contributed by atoms with van der Waals surface area (Å²) in [6, 6.07) is -0.350. The van der Waals surface area contributed by atoms with Gasteiger partial charge in [0.2, 0.25) is 0 Å². The average molecular weight is 242 g/mol. The van der Waals surface area contributed by atoms with Crippen molar-refractivity contribution < 1.29 is 14.3 Å². The topological polar surface area (TPSA) is 87.5 Å². The molecule has 0 unspecified atom stereocenters. The predicted octanol–water partition coefficient (Wildman–Crippen LogP) is 1.93. The maximum absolute atomic E-state index is 11.8. The molecule has 1 fully saturated rings. The first-order chi connectivity index (χ1) is 7.87. The number of methoxy groups -OCH3 is 1. The van der Waals surface area contributed by atoms with E-state index in [9.17, 15) is 4.79 Å². The van der Waals surface area contributed by atoms with E-state index in [1.165, 1.54) is 12.0 Å². The summed E-state index contributed by atoms with van der Waals surface area (Å²) in [4.78, 5) is 16.0. The highest BCUT2D eigenvalue weighted by Crippen LogP contribution is 2.19. The van der Waals surface area contributed by atoms with Crippen LogP contribution in [0.1, 0.15) is 20.8 Å². The summed E-state index contributed by atoms with van der Waals surface area (Å²) in [7, 11) is 1.53. The van der Waals surface area contributed by atoms with E-state index in [-0.39, 0.29) is 12.1 Å². The normalized spacial score (nSPS) is 24.4. The molecule has 0 aromatic carbocycles. The maximum Gasteiger partial charge on any atom is 0.410 e. The van der Waals surface area contributed by atoms with Gasteiger partial charge in [0, 0.05) is 18.6 Å². The number of hydrogen-bond donors (Lipinski definition) is 0. The first-order valence-electron chi connectivity index (χ1n) is 5.42. The van der Waals surface area contributed by atoms with E-state index in [2.05, 4.69) is 10.0 Å². The number of rotatable bonds is 2. The van der Waals surface area contributed by atoms with Crippen molar-refractivity contribution in [2.24, 2.45) is 5.11 Å². The fourth-order valence-electron chi connectivity index (χ4n) is 1.64. The Bertz CT molecular complexity index is 333. The molecule has 1 rings (SSSR count). The fourth-order valence-corrected chi connectivity index (χ4v) is 1.64. The van der Waals surface area contributed by atoms with E-state index in [4.69, 9.17) is 15.0 Å². The highest BCUT2D eigenvalue weighted by molar-refractivity contribution is 5.68. The molecule has 0 radical (unpaired) electrons. The fraction of sp³-hybridized carbons (Fsp3) is 0.900. The number of amides is 1. The van der Waals surface area contributed by atoms with Crippen molar-refractivity contribution in [1.82, 2.24) is 4.90 Å². The molecule has 0 spiro atoms. The van der Waals surface area contributed by atoms with E-state index < -0.39 is 11.7 Å². The third kappa shape index (κ3) is 3.80. The number of azide groups is 1. The molecule has 1 heterocycles. The second kappa shape index (κ2) is 5.25. The van der Waals surface area contributed by atoms with Gasteiger partial charge in [-0.1, -0.05) is 5.11 Å². The Labute approximate surface area is 100 Å². The van der Waals surface area contributed by atoms with E-state index in [0.29, 0.717) is 13.1 Å². The zero-order valence-electron chi connectivity index (χ0n) is 10.6. The van der Waals surface area contributed by atoms with Crippen LogP contribution in [0, 0.1) is 0 Å². The third-order valence-electron chi connectivity index (χ3n) is 2.39. The maximum atomic E-state index is 11.8. The number of hydrogen-bond acceptors (Lipinski definition) is 4. The van der Waals surface area contributed by atoms with Crippen molar-refractivity contribution in [3.8, 4) is 0 Å². The monoisotopic (exact) mass is 242 g/mol. The molecule has 0 aromatic rings. The molecular formula is C10H18N4O3. The third-order valence-corrected chi connectivity index (χ3v) is 2.39. The first kappa shape index (κ1) is 13.6. The highest BCUT2D eigenvalue weighted by atomic mass is 16.6. The molecule has 17 heavy (non-hydrogen) atoms. The summed E-state index contributed by atoms with van der Waals surface area (Å²) in [5.41, 5.74) is 7.89. The summed E-state index contributed by atoms with van der Waals surface area (Å²) in [6.07, 6.45) is -0.673. The standard InChI is InChI=1S/C10H18N4O3/c1-10(2,3)17-9(15)14-5-7(12-13-11)8(6-14)16-4/h7-8H,5-6H2,1-4H3/t7-,8+/m1/s1. The van der Waals surface area contributed by atoms with Crippen molar-refractivity contribution in [2.75, 3.05) is 20.2 Å². The van der Waals surface area contributed by atoms with Gasteiger partial charge in [0.15, 0.2) is 0 Å². The molecule has 7 nitrogen and oxygen atoms in total. The lowest BCUT2D eigenvalue weighted by atomic mass is 10.2. The van der Waals surface area contributed by atoms with Crippen LogP contribution in [0.15, 0.2) is 5.11 Å². The second-order valence-corrected chi connectivity index (χ2v) is 4.93. The summed E-state index contributed by atoms with van der Waals surface area (Å²) >= 11 is 0. The second-order valence-electron chi connectivity index (χ2n) is 4.93. The average Bonchev–Trinajstić information content (AvgIpc) is 2.59. The number of ether oxygens (including phenoxy) is 2. The van der Waals surface area contributed by atoms with Gasteiger partial charge in [0.1, 0.15) is 5.60 Å². The molecule has 1 saturated heterocycles. The number of carbonyl (C=O) groups excluding carboxylic acids is 1. The molecule has 0 aliphatic carbocycles. The van der Waals surface area contributed by atoms with E-state index >= 15 is 0 Å². The zero-order valence-corrected chi connectivity index (χ0v) is 10.6. The molecule has 0 N–H and O–H groups in total. The van der Waals surface area contributed by atoms with Gasteiger partial charge in [-0.25, -0.2) is 4.79 Å². The van der Waals surface area contributed by atoms with Crippen LogP contribution >= 0.6 is 0 Å². The minimum absolute atomic E-state index is 0.265. The van der Waals surface area contributed by atoms with Crippen molar-refractivity contribution in [1.29, 1.82) is 0 Å². The number of nitrogens with zero attached hydrogens (tertiary/aromatic N) is 4.